The van der Waals surface area contributed by atoms with Gasteiger partial charge in [-0.3, -0.25) is 4.79 Å². The number of rotatable bonds is 6. The number of nitrogens with zero attached hydrogens (tertiary/aromatic N) is 1. The van der Waals surface area contributed by atoms with Gasteiger partial charge in [0.1, 0.15) is 5.75 Å². The Morgan fingerprint density at radius 2 is 1.89 bits per heavy atom. The minimum absolute atomic E-state index is 0.0854. The van der Waals surface area contributed by atoms with Gasteiger partial charge in [-0.1, -0.05) is 24.3 Å². The first-order chi connectivity index (χ1) is 12.8. The van der Waals surface area contributed by atoms with Crippen LogP contribution in [0.3, 0.4) is 0 Å². The largest absolute Gasteiger partial charge is 0.496 e. The Kier molecular flexibility index (Phi) is 5.53. The van der Waals surface area contributed by atoms with Gasteiger partial charge in [0.25, 0.3) is 10.0 Å². The summed E-state index contributed by atoms with van der Waals surface area (Å²) in [6.45, 7) is 0.716. The molecule has 27 heavy (non-hydrogen) atoms. The number of ether oxygens (including phenoxy) is 1. The van der Waals surface area contributed by atoms with Crippen molar-refractivity contribution in [3.05, 3.63) is 59.2 Å². The van der Waals surface area contributed by atoms with Gasteiger partial charge in [-0.25, -0.2) is 13.1 Å². The number of benzene rings is 2. The topological polar surface area (TPSA) is 75.7 Å². The summed E-state index contributed by atoms with van der Waals surface area (Å²) >= 11 is 0. The van der Waals surface area contributed by atoms with Crippen molar-refractivity contribution in [3.8, 4) is 5.75 Å². The number of nitrogens with one attached hydrogen (secondary N) is 1. The van der Waals surface area contributed by atoms with Crippen molar-refractivity contribution in [3.63, 3.8) is 0 Å². The average Bonchev–Trinajstić information content (AvgIpc) is 3.05. The number of amides is 1. The SMILES string of the molecule is COc1cccc2c1CCC2C(=O)NS(=O)(=O)c1ccc(CN(C)C)cc1. The summed E-state index contributed by atoms with van der Waals surface area (Å²) in [6, 6.07) is 12.1. The Morgan fingerprint density at radius 1 is 1.19 bits per heavy atom. The highest BCUT2D eigenvalue weighted by molar-refractivity contribution is 7.90. The maximum Gasteiger partial charge on any atom is 0.264 e. The van der Waals surface area contributed by atoms with Crippen molar-refractivity contribution >= 4 is 15.9 Å². The minimum atomic E-state index is -3.90. The number of hydrogen-bond acceptors (Lipinski definition) is 5. The molecule has 6 nitrogen and oxygen atoms in total. The maximum absolute atomic E-state index is 12.7. The van der Waals surface area contributed by atoms with Crippen LogP contribution in [0.1, 0.15) is 29.0 Å². The number of carbonyl (C=O) groups is 1. The van der Waals surface area contributed by atoms with Crippen molar-refractivity contribution in [2.45, 2.75) is 30.2 Å². The van der Waals surface area contributed by atoms with E-state index < -0.39 is 21.8 Å². The van der Waals surface area contributed by atoms with Crippen LogP contribution in [0, 0.1) is 0 Å². The number of sulfonamides is 1. The van der Waals surface area contributed by atoms with E-state index in [-0.39, 0.29) is 4.90 Å². The van der Waals surface area contributed by atoms with Crippen LogP contribution in [-0.4, -0.2) is 40.4 Å². The van der Waals surface area contributed by atoms with Crippen molar-refractivity contribution < 1.29 is 17.9 Å². The molecule has 0 radical (unpaired) electrons. The second-order valence-electron chi connectivity index (χ2n) is 6.97. The summed E-state index contributed by atoms with van der Waals surface area (Å²) in [4.78, 5) is 14.8. The molecule has 3 rings (SSSR count). The fourth-order valence-corrected chi connectivity index (χ4v) is 4.51. The van der Waals surface area contributed by atoms with E-state index in [2.05, 4.69) is 4.72 Å². The van der Waals surface area contributed by atoms with Crippen LogP contribution in [0.15, 0.2) is 47.4 Å². The quantitative estimate of drug-likeness (QED) is 0.822. The second kappa shape index (κ2) is 7.70. The average molecular weight is 388 g/mol. The van der Waals surface area contributed by atoms with E-state index in [0.717, 1.165) is 22.4 Å². The van der Waals surface area contributed by atoms with Crippen molar-refractivity contribution in [1.82, 2.24) is 9.62 Å². The summed E-state index contributed by atoms with van der Waals surface area (Å²) in [5, 5.41) is 0. The molecule has 0 saturated carbocycles. The smallest absolute Gasteiger partial charge is 0.264 e. The van der Waals surface area contributed by atoms with E-state index in [0.29, 0.717) is 19.4 Å². The number of fused-ring (bicyclic) bond motifs is 1. The Labute approximate surface area is 160 Å². The molecule has 0 aliphatic heterocycles. The number of methoxy groups -OCH3 is 1. The Bertz CT molecular complexity index is 937. The van der Waals surface area contributed by atoms with Crippen LogP contribution in [0.5, 0.6) is 5.75 Å². The standard InChI is InChI=1S/C20H24N2O4S/c1-22(2)13-14-7-9-15(10-8-14)27(24,25)21-20(23)18-12-11-17-16(18)5-4-6-19(17)26-3/h4-10,18H,11-13H2,1-3H3,(H,21,23). The Hall–Kier alpha value is -2.38. The molecule has 1 N–H and O–H groups in total. The molecule has 0 heterocycles. The summed E-state index contributed by atoms with van der Waals surface area (Å²) in [5.74, 6) is -0.251. The first kappa shape index (κ1) is 19.4. The van der Waals surface area contributed by atoms with E-state index in [9.17, 15) is 13.2 Å². The second-order valence-corrected chi connectivity index (χ2v) is 8.65. The Balaban J connectivity index is 1.77. The summed E-state index contributed by atoms with van der Waals surface area (Å²) in [5.41, 5.74) is 2.82. The molecule has 2 aromatic carbocycles. The first-order valence-electron chi connectivity index (χ1n) is 8.78. The monoisotopic (exact) mass is 388 g/mol. The summed E-state index contributed by atoms with van der Waals surface area (Å²) in [6.07, 6.45) is 1.26. The van der Waals surface area contributed by atoms with Crippen LogP contribution in [0.4, 0.5) is 0 Å². The zero-order valence-electron chi connectivity index (χ0n) is 15.7. The Morgan fingerprint density at radius 3 is 2.52 bits per heavy atom. The zero-order valence-corrected chi connectivity index (χ0v) is 16.5. The maximum atomic E-state index is 12.7. The molecule has 0 bridgehead atoms. The molecule has 0 saturated heterocycles. The first-order valence-corrected chi connectivity index (χ1v) is 10.3. The van der Waals surface area contributed by atoms with Gasteiger partial charge >= 0.3 is 0 Å². The van der Waals surface area contributed by atoms with Crippen LogP contribution >= 0.6 is 0 Å². The van der Waals surface area contributed by atoms with Gasteiger partial charge in [0, 0.05) is 6.54 Å². The molecular weight excluding hydrogens is 364 g/mol. The molecule has 1 atom stereocenters. The van der Waals surface area contributed by atoms with E-state index in [1.165, 1.54) is 12.1 Å². The molecule has 1 aliphatic rings. The third kappa shape index (κ3) is 4.14. The van der Waals surface area contributed by atoms with Crippen LogP contribution in [0.2, 0.25) is 0 Å². The predicted octanol–water partition coefficient (Wildman–Crippen LogP) is 2.29. The number of hydrogen-bond donors (Lipinski definition) is 1. The van der Waals surface area contributed by atoms with Gasteiger partial charge in [-0.05, 0) is 61.8 Å². The van der Waals surface area contributed by atoms with Crippen LogP contribution in [0.25, 0.3) is 0 Å². The van der Waals surface area contributed by atoms with Crippen LogP contribution in [-0.2, 0) is 27.8 Å². The molecule has 7 heteroatoms. The summed E-state index contributed by atoms with van der Waals surface area (Å²) in [7, 11) is 1.57. The molecule has 1 amide bonds. The highest BCUT2D eigenvalue weighted by Crippen LogP contribution is 2.38. The van der Waals surface area contributed by atoms with Gasteiger partial charge in [-0.2, -0.15) is 0 Å². The lowest BCUT2D eigenvalue weighted by Gasteiger charge is -2.14. The molecule has 2 aromatic rings. The zero-order chi connectivity index (χ0) is 19.6. The van der Waals surface area contributed by atoms with Gasteiger partial charge in [0.05, 0.1) is 17.9 Å². The van der Waals surface area contributed by atoms with E-state index >= 15 is 0 Å². The van der Waals surface area contributed by atoms with Gasteiger partial charge in [0.2, 0.25) is 5.91 Å². The van der Waals surface area contributed by atoms with Crippen molar-refractivity contribution in [1.29, 1.82) is 0 Å². The number of carbonyl (C=O) groups excluding carboxylic acids is 1. The lowest BCUT2D eigenvalue weighted by atomic mass is 10.0. The lowest BCUT2D eigenvalue weighted by Crippen LogP contribution is -2.34. The van der Waals surface area contributed by atoms with Gasteiger partial charge in [-0.15, -0.1) is 0 Å². The molecule has 144 valence electrons. The van der Waals surface area contributed by atoms with E-state index in [1.54, 1.807) is 19.2 Å². The molecule has 1 aliphatic carbocycles. The van der Waals surface area contributed by atoms with Crippen molar-refractivity contribution in [2.24, 2.45) is 0 Å². The van der Waals surface area contributed by atoms with E-state index in [1.807, 2.05) is 37.2 Å². The highest BCUT2D eigenvalue weighted by Gasteiger charge is 2.32. The lowest BCUT2D eigenvalue weighted by molar-refractivity contribution is -0.120. The van der Waals surface area contributed by atoms with Gasteiger partial charge in [0.15, 0.2) is 0 Å². The van der Waals surface area contributed by atoms with Gasteiger partial charge < -0.3 is 9.64 Å². The fraction of sp³-hybridized carbons (Fsp3) is 0.350. The fourth-order valence-electron chi connectivity index (χ4n) is 3.49. The molecule has 1 unspecified atom stereocenters. The third-order valence-electron chi connectivity index (χ3n) is 4.73. The molecular formula is C20H24N2O4S. The van der Waals surface area contributed by atoms with Crippen LogP contribution < -0.4 is 9.46 Å². The third-order valence-corrected chi connectivity index (χ3v) is 6.09. The predicted molar refractivity (Wildman–Crippen MR) is 103 cm³/mol. The normalized spacial score (nSPS) is 16.2. The molecule has 0 spiro atoms. The molecule has 0 aromatic heterocycles. The minimum Gasteiger partial charge on any atom is -0.496 e. The highest BCUT2D eigenvalue weighted by atomic mass is 32.2. The van der Waals surface area contributed by atoms with Crippen molar-refractivity contribution in [2.75, 3.05) is 21.2 Å². The van der Waals surface area contributed by atoms with E-state index in [4.69, 9.17) is 4.74 Å². The molecule has 0 fully saturated rings. The summed E-state index contributed by atoms with van der Waals surface area (Å²) < 4.78 is 32.8.